The monoisotopic (exact) mass is 212 g/mol. The molecule has 15 heavy (non-hydrogen) atoms. The first-order chi connectivity index (χ1) is 7.02. The van der Waals surface area contributed by atoms with Gasteiger partial charge in [0, 0.05) is 18.1 Å². The van der Waals surface area contributed by atoms with E-state index in [2.05, 4.69) is 32.7 Å². The minimum atomic E-state index is 0.321. The topological polar surface area (TPSA) is 29.3 Å². The summed E-state index contributed by atoms with van der Waals surface area (Å²) in [6, 6.07) is 1.73. The van der Waals surface area contributed by atoms with E-state index in [1.165, 1.54) is 25.7 Å². The molecule has 2 heteroatoms. The van der Waals surface area contributed by atoms with Crippen LogP contribution in [0.15, 0.2) is 0 Å². The van der Waals surface area contributed by atoms with Crippen molar-refractivity contribution in [3.05, 3.63) is 0 Å². The lowest BCUT2D eigenvalue weighted by atomic mass is 9.84. The molecule has 1 fully saturated rings. The lowest BCUT2D eigenvalue weighted by molar-refractivity contribution is 0.0971. The summed E-state index contributed by atoms with van der Waals surface area (Å²) in [6.45, 7) is 6.82. The molecule has 2 N–H and O–H groups in total. The van der Waals surface area contributed by atoms with E-state index in [0.29, 0.717) is 12.1 Å². The predicted octanol–water partition coefficient (Wildman–Crippen LogP) is 2.62. The second kappa shape index (κ2) is 5.86. The van der Waals surface area contributed by atoms with Crippen LogP contribution in [0, 0.1) is 5.92 Å². The van der Waals surface area contributed by atoms with Crippen LogP contribution in [0.4, 0.5) is 0 Å². The van der Waals surface area contributed by atoms with Crippen LogP contribution in [0.5, 0.6) is 0 Å². The van der Waals surface area contributed by atoms with Gasteiger partial charge in [-0.05, 0) is 46.1 Å². The van der Waals surface area contributed by atoms with Crippen molar-refractivity contribution in [3.8, 4) is 0 Å². The molecule has 0 spiro atoms. The molecule has 0 amide bonds. The maximum absolute atomic E-state index is 5.87. The molecular weight excluding hydrogens is 184 g/mol. The summed E-state index contributed by atoms with van der Waals surface area (Å²) in [5.41, 5.74) is 5.87. The van der Waals surface area contributed by atoms with Gasteiger partial charge in [-0.3, -0.25) is 0 Å². The minimum Gasteiger partial charge on any atom is -0.328 e. The highest BCUT2D eigenvalue weighted by molar-refractivity contribution is 4.82. The third kappa shape index (κ3) is 3.76. The van der Waals surface area contributed by atoms with E-state index in [9.17, 15) is 0 Å². The lowest BCUT2D eigenvalue weighted by Crippen LogP contribution is -2.45. The van der Waals surface area contributed by atoms with E-state index >= 15 is 0 Å². The first-order valence-corrected chi connectivity index (χ1v) is 6.50. The summed E-state index contributed by atoms with van der Waals surface area (Å²) < 4.78 is 0. The summed E-state index contributed by atoms with van der Waals surface area (Å²) in [5.74, 6) is 0.860. The first kappa shape index (κ1) is 13.0. The third-order valence-electron chi connectivity index (χ3n) is 4.00. The number of hydrogen-bond acceptors (Lipinski definition) is 2. The van der Waals surface area contributed by atoms with Crippen molar-refractivity contribution >= 4 is 0 Å². The molecule has 0 aromatic heterocycles. The van der Waals surface area contributed by atoms with Gasteiger partial charge in [-0.15, -0.1) is 0 Å². The van der Waals surface area contributed by atoms with Gasteiger partial charge in [0.15, 0.2) is 0 Å². The Hall–Kier alpha value is -0.0800. The quantitative estimate of drug-likeness (QED) is 0.776. The van der Waals surface area contributed by atoms with Crippen LogP contribution in [0.1, 0.15) is 52.9 Å². The summed E-state index contributed by atoms with van der Waals surface area (Å²) in [5, 5.41) is 0. The van der Waals surface area contributed by atoms with Crippen LogP contribution in [0.3, 0.4) is 0 Å². The molecule has 1 aliphatic carbocycles. The average Bonchev–Trinajstić information content (AvgIpc) is 2.16. The van der Waals surface area contributed by atoms with Gasteiger partial charge in [0.25, 0.3) is 0 Å². The van der Waals surface area contributed by atoms with Crippen LogP contribution >= 0.6 is 0 Å². The molecule has 0 saturated heterocycles. The van der Waals surface area contributed by atoms with Crippen molar-refractivity contribution in [2.45, 2.75) is 71.0 Å². The molecule has 0 aromatic rings. The van der Waals surface area contributed by atoms with Crippen LogP contribution < -0.4 is 5.73 Å². The molecule has 0 bridgehead atoms. The van der Waals surface area contributed by atoms with Gasteiger partial charge >= 0.3 is 0 Å². The van der Waals surface area contributed by atoms with Crippen molar-refractivity contribution in [1.82, 2.24) is 4.90 Å². The fraction of sp³-hybridized carbons (Fsp3) is 1.00. The summed E-state index contributed by atoms with van der Waals surface area (Å²) in [6.07, 6.45) is 6.72. The summed E-state index contributed by atoms with van der Waals surface area (Å²) in [4.78, 5) is 2.56. The van der Waals surface area contributed by atoms with Gasteiger partial charge in [0.1, 0.15) is 0 Å². The molecule has 1 saturated carbocycles. The normalized spacial score (nSPS) is 31.6. The molecule has 1 aliphatic rings. The molecular formula is C13H28N2. The fourth-order valence-corrected chi connectivity index (χ4v) is 2.93. The highest BCUT2D eigenvalue weighted by atomic mass is 15.2. The fourth-order valence-electron chi connectivity index (χ4n) is 2.93. The Kier molecular flexibility index (Phi) is 5.07. The highest BCUT2D eigenvalue weighted by Gasteiger charge is 2.27. The number of rotatable bonds is 4. The standard InChI is InChI=1S/C13H28N2/c1-10-7-5-6-8-13(10)15(4)12(3)9-11(2)14/h10-13H,5-9,14H2,1-4H3. The molecule has 1 rings (SSSR count). The zero-order valence-electron chi connectivity index (χ0n) is 10.9. The Morgan fingerprint density at radius 2 is 1.87 bits per heavy atom. The Morgan fingerprint density at radius 1 is 1.27 bits per heavy atom. The van der Waals surface area contributed by atoms with Gasteiger partial charge in [0.2, 0.25) is 0 Å². The molecule has 4 unspecified atom stereocenters. The van der Waals surface area contributed by atoms with Gasteiger partial charge in [0.05, 0.1) is 0 Å². The number of nitrogens with two attached hydrogens (primary N) is 1. The number of nitrogens with zero attached hydrogens (tertiary/aromatic N) is 1. The number of hydrogen-bond donors (Lipinski definition) is 1. The lowest BCUT2D eigenvalue weighted by Gasteiger charge is -2.40. The minimum absolute atomic E-state index is 0.321. The van der Waals surface area contributed by atoms with Crippen LogP contribution in [0.2, 0.25) is 0 Å². The largest absolute Gasteiger partial charge is 0.328 e. The molecule has 0 aliphatic heterocycles. The van der Waals surface area contributed by atoms with E-state index in [0.717, 1.165) is 18.4 Å². The van der Waals surface area contributed by atoms with Crippen molar-refractivity contribution in [2.75, 3.05) is 7.05 Å². The molecule has 0 aromatic carbocycles. The Labute approximate surface area is 95.2 Å². The van der Waals surface area contributed by atoms with E-state index in [1.54, 1.807) is 0 Å². The molecule has 2 nitrogen and oxygen atoms in total. The van der Waals surface area contributed by atoms with Gasteiger partial charge in [-0.25, -0.2) is 0 Å². The van der Waals surface area contributed by atoms with Crippen molar-refractivity contribution in [1.29, 1.82) is 0 Å². The van der Waals surface area contributed by atoms with Gasteiger partial charge in [-0.2, -0.15) is 0 Å². The molecule has 0 heterocycles. The molecule has 0 radical (unpaired) electrons. The highest BCUT2D eigenvalue weighted by Crippen LogP contribution is 2.28. The zero-order chi connectivity index (χ0) is 11.4. The Morgan fingerprint density at radius 3 is 2.40 bits per heavy atom. The zero-order valence-corrected chi connectivity index (χ0v) is 10.9. The van der Waals surface area contributed by atoms with E-state index in [1.807, 2.05) is 0 Å². The summed E-state index contributed by atoms with van der Waals surface area (Å²) in [7, 11) is 2.28. The van der Waals surface area contributed by atoms with Gasteiger partial charge in [-0.1, -0.05) is 19.8 Å². The first-order valence-electron chi connectivity index (χ1n) is 6.50. The third-order valence-corrected chi connectivity index (χ3v) is 4.00. The maximum atomic E-state index is 5.87. The summed E-state index contributed by atoms with van der Waals surface area (Å²) >= 11 is 0. The van der Waals surface area contributed by atoms with Gasteiger partial charge < -0.3 is 10.6 Å². The second-order valence-electron chi connectivity index (χ2n) is 5.56. The Balaban J connectivity index is 2.46. The van der Waals surface area contributed by atoms with E-state index < -0.39 is 0 Å². The molecule has 90 valence electrons. The second-order valence-corrected chi connectivity index (χ2v) is 5.56. The van der Waals surface area contributed by atoms with E-state index in [-0.39, 0.29) is 0 Å². The smallest absolute Gasteiger partial charge is 0.0121 e. The van der Waals surface area contributed by atoms with Crippen LogP contribution in [-0.2, 0) is 0 Å². The van der Waals surface area contributed by atoms with E-state index in [4.69, 9.17) is 5.73 Å². The maximum Gasteiger partial charge on any atom is 0.0121 e. The van der Waals surface area contributed by atoms with Crippen molar-refractivity contribution in [2.24, 2.45) is 11.7 Å². The van der Waals surface area contributed by atoms with Crippen LogP contribution in [-0.4, -0.2) is 30.1 Å². The SMILES string of the molecule is CC(N)CC(C)N(C)C1CCCCC1C. The van der Waals surface area contributed by atoms with Crippen molar-refractivity contribution in [3.63, 3.8) is 0 Å². The average molecular weight is 212 g/mol. The predicted molar refractivity (Wildman–Crippen MR) is 66.9 cm³/mol. The molecule has 4 atom stereocenters. The van der Waals surface area contributed by atoms with Crippen molar-refractivity contribution < 1.29 is 0 Å². The Bertz CT molecular complexity index is 179. The van der Waals surface area contributed by atoms with Crippen LogP contribution in [0.25, 0.3) is 0 Å².